The molecular weight excluding hydrogens is 358 g/mol. The van der Waals surface area contributed by atoms with E-state index in [0.29, 0.717) is 16.9 Å². The quantitative estimate of drug-likeness (QED) is 0.629. The Balaban J connectivity index is 1.34. The van der Waals surface area contributed by atoms with Crippen LogP contribution in [-0.4, -0.2) is 38.2 Å². The van der Waals surface area contributed by atoms with Gasteiger partial charge in [0.15, 0.2) is 0 Å². The van der Waals surface area contributed by atoms with Crippen molar-refractivity contribution in [2.45, 2.75) is 38.8 Å². The van der Waals surface area contributed by atoms with E-state index in [0.717, 1.165) is 31.6 Å². The predicted molar refractivity (Wildman–Crippen MR) is 108 cm³/mol. The van der Waals surface area contributed by atoms with Gasteiger partial charge in [-0.15, -0.1) is 10.2 Å². The van der Waals surface area contributed by atoms with Crippen LogP contribution in [0.15, 0.2) is 48.5 Å². The second kappa shape index (κ2) is 8.19. The molecule has 1 atom stereocenters. The number of likely N-dealkylation sites (tertiary alicyclic amines) is 1. The molecule has 0 amide bonds. The molecule has 2 heterocycles. The van der Waals surface area contributed by atoms with Gasteiger partial charge in [0.1, 0.15) is 0 Å². The summed E-state index contributed by atoms with van der Waals surface area (Å²) in [5, 5.41) is 13.5. The van der Waals surface area contributed by atoms with Crippen molar-refractivity contribution < 1.29 is 0 Å². The van der Waals surface area contributed by atoms with E-state index < -0.39 is 0 Å². The topological polar surface area (TPSA) is 46.8 Å². The van der Waals surface area contributed by atoms with Gasteiger partial charge in [-0.25, -0.2) is 0 Å². The van der Waals surface area contributed by atoms with Crippen LogP contribution in [0.25, 0.3) is 11.4 Å². The molecular formula is C21H24ClN5. The lowest BCUT2D eigenvalue weighted by Gasteiger charge is -2.24. The fraction of sp³-hybridized carbons (Fsp3) is 0.381. The van der Waals surface area contributed by atoms with Gasteiger partial charge < -0.3 is 0 Å². The van der Waals surface area contributed by atoms with E-state index in [1.807, 2.05) is 24.3 Å². The first kappa shape index (κ1) is 18.1. The Hall–Kier alpha value is -2.24. The van der Waals surface area contributed by atoms with Crippen LogP contribution in [0.4, 0.5) is 0 Å². The standard InChI is InChI=1S/C21H24ClN5/c1-16-9-11-17(12-10-16)20-8-4-13-26(20)14-5-15-27-24-21(23-25-27)18-6-2-3-7-19(18)22/h2-3,6-7,9-12,20H,4-5,8,13-15H2,1H3. The van der Waals surface area contributed by atoms with Crippen LogP contribution in [0.2, 0.25) is 5.02 Å². The van der Waals surface area contributed by atoms with E-state index in [9.17, 15) is 0 Å². The third kappa shape index (κ3) is 4.20. The maximum atomic E-state index is 6.22. The van der Waals surface area contributed by atoms with Crippen molar-refractivity contribution in [2.75, 3.05) is 13.1 Å². The minimum absolute atomic E-state index is 0.535. The summed E-state index contributed by atoms with van der Waals surface area (Å²) in [5.74, 6) is 0.583. The zero-order valence-corrected chi connectivity index (χ0v) is 16.3. The number of tetrazole rings is 1. The molecule has 2 aromatic carbocycles. The molecule has 0 aliphatic carbocycles. The van der Waals surface area contributed by atoms with Gasteiger partial charge >= 0.3 is 0 Å². The van der Waals surface area contributed by atoms with Crippen molar-refractivity contribution in [3.05, 3.63) is 64.7 Å². The summed E-state index contributed by atoms with van der Waals surface area (Å²) in [6.07, 6.45) is 3.50. The maximum Gasteiger partial charge on any atom is 0.206 e. The van der Waals surface area contributed by atoms with Crippen molar-refractivity contribution in [1.82, 2.24) is 25.1 Å². The highest BCUT2D eigenvalue weighted by Gasteiger charge is 2.25. The molecule has 5 nitrogen and oxygen atoms in total. The number of hydrogen-bond acceptors (Lipinski definition) is 4. The molecule has 0 radical (unpaired) electrons. The third-order valence-corrected chi connectivity index (χ3v) is 5.53. The Morgan fingerprint density at radius 3 is 2.70 bits per heavy atom. The first-order valence-corrected chi connectivity index (χ1v) is 9.92. The first-order valence-electron chi connectivity index (χ1n) is 9.54. The van der Waals surface area contributed by atoms with Gasteiger partial charge in [0.25, 0.3) is 0 Å². The normalized spacial score (nSPS) is 17.5. The summed E-state index contributed by atoms with van der Waals surface area (Å²) < 4.78 is 0. The van der Waals surface area contributed by atoms with E-state index in [-0.39, 0.29) is 0 Å². The summed E-state index contributed by atoms with van der Waals surface area (Å²) in [6, 6.07) is 17.1. The molecule has 6 heteroatoms. The van der Waals surface area contributed by atoms with Crippen molar-refractivity contribution in [1.29, 1.82) is 0 Å². The van der Waals surface area contributed by atoms with Crippen molar-refractivity contribution in [3.8, 4) is 11.4 Å². The summed E-state index contributed by atoms with van der Waals surface area (Å²) in [5.41, 5.74) is 3.57. The fourth-order valence-electron chi connectivity index (χ4n) is 3.76. The van der Waals surface area contributed by atoms with Crippen LogP contribution in [0.3, 0.4) is 0 Å². The fourth-order valence-corrected chi connectivity index (χ4v) is 3.98. The summed E-state index contributed by atoms with van der Waals surface area (Å²) >= 11 is 6.22. The number of aromatic nitrogens is 4. The highest BCUT2D eigenvalue weighted by Crippen LogP contribution is 2.32. The van der Waals surface area contributed by atoms with E-state index in [4.69, 9.17) is 11.6 Å². The smallest absolute Gasteiger partial charge is 0.206 e. The Morgan fingerprint density at radius 1 is 1.07 bits per heavy atom. The van der Waals surface area contributed by atoms with Gasteiger partial charge in [0.05, 0.1) is 11.6 Å². The Morgan fingerprint density at radius 2 is 1.89 bits per heavy atom. The second-order valence-corrected chi connectivity index (χ2v) is 7.55. The molecule has 0 N–H and O–H groups in total. The molecule has 1 aliphatic rings. The average molecular weight is 382 g/mol. The number of hydrogen-bond donors (Lipinski definition) is 0. The zero-order chi connectivity index (χ0) is 18.6. The molecule has 1 aromatic heterocycles. The van der Waals surface area contributed by atoms with Crippen molar-refractivity contribution in [3.63, 3.8) is 0 Å². The monoisotopic (exact) mass is 381 g/mol. The number of benzene rings is 2. The largest absolute Gasteiger partial charge is 0.296 e. The highest BCUT2D eigenvalue weighted by atomic mass is 35.5. The van der Waals surface area contributed by atoms with Gasteiger partial charge in [-0.05, 0) is 55.6 Å². The van der Waals surface area contributed by atoms with E-state index >= 15 is 0 Å². The van der Waals surface area contributed by atoms with Gasteiger partial charge in [0.2, 0.25) is 5.82 Å². The summed E-state index contributed by atoms with van der Waals surface area (Å²) in [7, 11) is 0. The average Bonchev–Trinajstić information content (AvgIpc) is 3.33. The maximum absolute atomic E-state index is 6.22. The predicted octanol–water partition coefficient (Wildman–Crippen LogP) is 4.53. The van der Waals surface area contributed by atoms with Crippen LogP contribution >= 0.6 is 11.6 Å². The Bertz CT molecular complexity index is 890. The van der Waals surface area contributed by atoms with E-state index in [2.05, 4.69) is 51.5 Å². The summed E-state index contributed by atoms with van der Waals surface area (Å²) in [6.45, 7) is 5.10. The lowest BCUT2D eigenvalue weighted by Crippen LogP contribution is -2.25. The summed E-state index contributed by atoms with van der Waals surface area (Å²) in [4.78, 5) is 4.26. The third-order valence-electron chi connectivity index (χ3n) is 5.20. The lowest BCUT2D eigenvalue weighted by molar-refractivity contribution is 0.245. The lowest BCUT2D eigenvalue weighted by atomic mass is 10.0. The molecule has 4 rings (SSSR count). The molecule has 1 unspecified atom stereocenters. The molecule has 27 heavy (non-hydrogen) atoms. The molecule has 0 bridgehead atoms. The van der Waals surface area contributed by atoms with Gasteiger partial charge in [-0.3, -0.25) is 4.90 Å². The van der Waals surface area contributed by atoms with Crippen LogP contribution < -0.4 is 0 Å². The molecule has 1 aliphatic heterocycles. The Labute approximate surface area is 165 Å². The molecule has 0 saturated carbocycles. The van der Waals surface area contributed by atoms with Crippen LogP contribution in [0.1, 0.15) is 36.4 Å². The van der Waals surface area contributed by atoms with Crippen molar-refractivity contribution in [2.24, 2.45) is 0 Å². The van der Waals surface area contributed by atoms with Crippen molar-refractivity contribution >= 4 is 11.6 Å². The molecule has 140 valence electrons. The number of halogens is 1. The molecule has 0 spiro atoms. The minimum atomic E-state index is 0.535. The van der Waals surface area contributed by atoms with Crippen LogP contribution in [-0.2, 0) is 6.54 Å². The van der Waals surface area contributed by atoms with Crippen LogP contribution in [0.5, 0.6) is 0 Å². The minimum Gasteiger partial charge on any atom is -0.296 e. The van der Waals surface area contributed by atoms with E-state index in [1.54, 1.807) is 4.80 Å². The Kier molecular flexibility index (Phi) is 5.50. The van der Waals surface area contributed by atoms with Gasteiger partial charge in [-0.2, -0.15) is 4.80 Å². The SMILES string of the molecule is Cc1ccc(C2CCCN2CCCn2nnc(-c3ccccc3Cl)n2)cc1. The van der Waals surface area contributed by atoms with Gasteiger partial charge in [0, 0.05) is 18.2 Å². The zero-order valence-electron chi connectivity index (χ0n) is 15.6. The second-order valence-electron chi connectivity index (χ2n) is 7.15. The number of nitrogens with zero attached hydrogens (tertiary/aromatic N) is 5. The van der Waals surface area contributed by atoms with Gasteiger partial charge in [-0.1, -0.05) is 53.6 Å². The molecule has 1 saturated heterocycles. The molecule has 3 aromatic rings. The number of rotatable bonds is 6. The van der Waals surface area contributed by atoms with E-state index in [1.165, 1.54) is 24.0 Å². The first-order chi connectivity index (χ1) is 13.2. The highest BCUT2D eigenvalue weighted by molar-refractivity contribution is 6.33. The molecule has 1 fully saturated rings. The van der Waals surface area contributed by atoms with Crippen LogP contribution in [0, 0.1) is 6.92 Å². The number of aryl methyl sites for hydroxylation is 2.